The molecule has 6 heteroatoms. The summed E-state index contributed by atoms with van der Waals surface area (Å²) in [6.45, 7) is 6.00. The highest BCUT2D eigenvalue weighted by molar-refractivity contribution is 7.15. The van der Waals surface area contributed by atoms with E-state index >= 15 is 0 Å². The smallest absolute Gasteiger partial charge is 0.277 e. The summed E-state index contributed by atoms with van der Waals surface area (Å²) in [6, 6.07) is 0. The molecule has 0 saturated carbocycles. The first-order chi connectivity index (χ1) is 8.56. The van der Waals surface area contributed by atoms with Crippen LogP contribution in [0, 0.1) is 6.92 Å². The maximum absolute atomic E-state index is 11.9. The zero-order valence-corrected chi connectivity index (χ0v) is 11.3. The maximum atomic E-state index is 11.9. The Morgan fingerprint density at radius 1 is 1.22 bits per heavy atom. The number of aryl methyl sites for hydroxylation is 1. The van der Waals surface area contributed by atoms with Crippen LogP contribution in [-0.4, -0.2) is 20.9 Å². The van der Waals surface area contributed by atoms with Crippen molar-refractivity contribution in [1.29, 1.82) is 0 Å². The van der Waals surface area contributed by atoms with Crippen molar-refractivity contribution in [3.63, 3.8) is 0 Å². The quantitative estimate of drug-likeness (QED) is 0.923. The van der Waals surface area contributed by atoms with E-state index in [0.717, 1.165) is 10.6 Å². The summed E-state index contributed by atoms with van der Waals surface area (Å²) >= 11 is 1.48. The molecule has 0 radical (unpaired) electrons. The van der Waals surface area contributed by atoms with Crippen molar-refractivity contribution in [3.05, 3.63) is 34.9 Å². The minimum absolute atomic E-state index is 0.285. The minimum atomic E-state index is -0.285. The van der Waals surface area contributed by atoms with E-state index in [0.29, 0.717) is 16.7 Å². The van der Waals surface area contributed by atoms with E-state index in [9.17, 15) is 4.79 Å². The molecular weight excluding hydrogens is 248 g/mol. The molecule has 0 saturated heterocycles. The summed E-state index contributed by atoms with van der Waals surface area (Å²) < 4.78 is 0. The van der Waals surface area contributed by atoms with Gasteiger partial charge >= 0.3 is 0 Å². The molecule has 0 spiro atoms. The number of amides is 1. The fraction of sp³-hybridized carbons (Fsp3) is 0.333. The Morgan fingerprint density at radius 2 is 2.00 bits per heavy atom. The normalized spacial score (nSPS) is 10.7. The zero-order valence-electron chi connectivity index (χ0n) is 10.5. The average molecular weight is 262 g/mol. The topological polar surface area (TPSA) is 67.8 Å². The van der Waals surface area contributed by atoms with Crippen molar-refractivity contribution >= 4 is 22.4 Å². The molecule has 0 aliphatic rings. The molecule has 0 unspecified atom stereocenters. The van der Waals surface area contributed by atoms with Crippen LogP contribution in [0.3, 0.4) is 0 Å². The number of nitrogens with zero attached hydrogens (tertiary/aromatic N) is 3. The summed E-state index contributed by atoms with van der Waals surface area (Å²) in [6.07, 6.45) is 4.81. The number of anilines is 1. The van der Waals surface area contributed by atoms with Gasteiger partial charge in [-0.05, 0) is 12.8 Å². The number of aromatic nitrogens is 3. The molecule has 2 aromatic heterocycles. The van der Waals surface area contributed by atoms with Crippen molar-refractivity contribution < 1.29 is 4.79 Å². The summed E-state index contributed by atoms with van der Waals surface area (Å²) in [5.74, 6) is 0.125. The molecule has 2 aromatic rings. The van der Waals surface area contributed by atoms with Crippen LogP contribution in [0.4, 0.5) is 5.13 Å². The number of nitrogens with one attached hydrogen (secondary N) is 1. The molecule has 1 N–H and O–H groups in total. The van der Waals surface area contributed by atoms with E-state index in [1.54, 1.807) is 12.4 Å². The lowest BCUT2D eigenvalue weighted by Gasteiger charge is -2.00. The molecule has 0 aliphatic heterocycles. The van der Waals surface area contributed by atoms with E-state index in [1.807, 2.05) is 6.92 Å². The summed E-state index contributed by atoms with van der Waals surface area (Å²) in [5, 5.41) is 3.31. The van der Waals surface area contributed by atoms with E-state index in [4.69, 9.17) is 0 Å². The van der Waals surface area contributed by atoms with Crippen LogP contribution in [0.25, 0.3) is 0 Å². The van der Waals surface area contributed by atoms with Gasteiger partial charge in [0.2, 0.25) is 0 Å². The van der Waals surface area contributed by atoms with Gasteiger partial charge < -0.3 is 0 Å². The van der Waals surface area contributed by atoms with Gasteiger partial charge in [-0.3, -0.25) is 15.1 Å². The van der Waals surface area contributed by atoms with Gasteiger partial charge in [0.15, 0.2) is 5.13 Å². The standard InChI is InChI=1S/C12H14N4OS/c1-7(2)10-6-15-12(18-10)16-11(17)9-5-13-8(3)4-14-9/h4-7H,1-3H3,(H,15,16,17). The maximum Gasteiger partial charge on any atom is 0.277 e. The van der Waals surface area contributed by atoms with E-state index in [1.165, 1.54) is 17.5 Å². The van der Waals surface area contributed by atoms with Crippen molar-refractivity contribution in [3.8, 4) is 0 Å². The van der Waals surface area contributed by atoms with Crippen molar-refractivity contribution in [1.82, 2.24) is 15.0 Å². The number of hydrogen-bond donors (Lipinski definition) is 1. The lowest BCUT2D eigenvalue weighted by atomic mass is 10.2. The first-order valence-corrected chi connectivity index (χ1v) is 6.43. The summed E-state index contributed by atoms with van der Waals surface area (Å²) in [7, 11) is 0. The van der Waals surface area contributed by atoms with E-state index < -0.39 is 0 Å². The lowest BCUT2D eigenvalue weighted by molar-refractivity contribution is 0.102. The van der Waals surface area contributed by atoms with Gasteiger partial charge in [-0.25, -0.2) is 9.97 Å². The van der Waals surface area contributed by atoms with Crippen molar-refractivity contribution in [2.75, 3.05) is 5.32 Å². The van der Waals surface area contributed by atoms with Crippen LogP contribution in [0.2, 0.25) is 0 Å². The largest absolute Gasteiger partial charge is 0.296 e. The van der Waals surface area contributed by atoms with Gasteiger partial charge in [-0.1, -0.05) is 13.8 Å². The Balaban J connectivity index is 2.08. The van der Waals surface area contributed by atoms with Gasteiger partial charge in [0.25, 0.3) is 5.91 Å². The van der Waals surface area contributed by atoms with Crippen molar-refractivity contribution in [2.45, 2.75) is 26.7 Å². The third-order valence-corrected chi connectivity index (χ3v) is 3.54. The van der Waals surface area contributed by atoms with Gasteiger partial charge in [-0.15, -0.1) is 11.3 Å². The predicted octanol–water partition coefficient (Wildman–Crippen LogP) is 2.62. The third-order valence-electron chi connectivity index (χ3n) is 2.33. The number of hydrogen-bond acceptors (Lipinski definition) is 5. The minimum Gasteiger partial charge on any atom is -0.296 e. The van der Waals surface area contributed by atoms with Gasteiger partial charge in [0.1, 0.15) is 5.69 Å². The highest BCUT2D eigenvalue weighted by Gasteiger charge is 2.11. The second-order valence-corrected chi connectivity index (χ2v) is 5.28. The van der Waals surface area contributed by atoms with Gasteiger partial charge in [-0.2, -0.15) is 0 Å². The Labute approximate surface area is 109 Å². The number of carbonyl (C=O) groups excluding carboxylic acids is 1. The molecule has 1 amide bonds. The molecule has 2 rings (SSSR count). The SMILES string of the molecule is Cc1cnc(C(=O)Nc2ncc(C(C)C)s2)cn1. The Kier molecular flexibility index (Phi) is 3.66. The lowest BCUT2D eigenvalue weighted by Crippen LogP contribution is -2.13. The molecule has 0 aromatic carbocycles. The van der Waals surface area contributed by atoms with Crippen LogP contribution in [0.1, 0.15) is 40.8 Å². The van der Waals surface area contributed by atoms with Gasteiger partial charge in [0.05, 0.1) is 11.9 Å². The third kappa shape index (κ3) is 2.89. The Morgan fingerprint density at radius 3 is 2.56 bits per heavy atom. The Bertz CT molecular complexity index is 547. The van der Waals surface area contributed by atoms with Gasteiger partial charge in [0, 0.05) is 17.3 Å². The second-order valence-electron chi connectivity index (χ2n) is 4.22. The molecule has 94 valence electrons. The van der Waals surface area contributed by atoms with Crippen LogP contribution in [-0.2, 0) is 0 Å². The van der Waals surface area contributed by atoms with E-state index in [-0.39, 0.29) is 5.91 Å². The molecular formula is C12H14N4OS. The first kappa shape index (κ1) is 12.6. The molecule has 18 heavy (non-hydrogen) atoms. The molecule has 0 aliphatic carbocycles. The monoisotopic (exact) mass is 262 g/mol. The van der Waals surface area contributed by atoms with E-state index in [2.05, 4.69) is 34.1 Å². The highest BCUT2D eigenvalue weighted by atomic mass is 32.1. The van der Waals surface area contributed by atoms with Crippen LogP contribution in [0.5, 0.6) is 0 Å². The second kappa shape index (κ2) is 5.22. The zero-order chi connectivity index (χ0) is 13.1. The first-order valence-electron chi connectivity index (χ1n) is 5.62. The Hall–Kier alpha value is -1.82. The highest BCUT2D eigenvalue weighted by Crippen LogP contribution is 2.25. The van der Waals surface area contributed by atoms with Crippen molar-refractivity contribution in [2.24, 2.45) is 0 Å². The van der Waals surface area contributed by atoms with Crippen LogP contribution < -0.4 is 5.32 Å². The number of rotatable bonds is 3. The molecule has 5 nitrogen and oxygen atoms in total. The fourth-order valence-corrected chi connectivity index (χ4v) is 2.10. The summed E-state index contributed by atoms with van der Waals surface area (Å²) in [4.78, 5) is 25.2. The fourth-order valence-electron chi connectivity index (χ4n) is 1.28. The molecule has 0 bridgehead atoms. The van der Waals surface area contributed by atoms with Crippen LogP contribution >= 0.6 is 11.3 Å². The number of thiazole rings is 1. The molecule has 0 fully saturated rings. The summed E-state index contributed by atoms with van der Waals surface area (Å²) in [5.41, 5.74) is 1.07. The molecule has 2 heterocycles. The average Bonchev–Trinajstić information content (AvgIpc) is 2.78. The van der Waals surface area contributed by atoms with Crippen LogP contribution in [0.15, 0.2) is 18.6 Å². The predicted molar refractivity (Wildman–Crippen MR) is 70.9 cm³/mol. The molecule has 0 atom stereocenters. The number of carbonyl (C=O) groups is 1.